The molecule has 0 aliphatic carbocycles. The highest BCUT2D eigenvalue weighted by Crippen LogP contribution is 2.26. The smallest absolute Gasteiger partial charge is 0.105 e. The van der Waals surface area contributed by atoms with E-state index < -0.39 is 0 Å². The van der Waals surface area contributed by atoms with Gasteiger partial charge in [-0.25, -0.2) is 0 Å². The fraction of sp³-hybridized carbons (Fsp3) is 0.0667. The van der Waals surface area contributed by atoms with Crippen LogP contribution < -0.4 is 5.73 Å². The van der Waals surface area contributed by atoms with Crippen molar-refractivity contribution in [1.29, 1.82) is 0 Å². The van der Waals surface area contributed by atoms with Gasteiger partial charge in [-0.05, 0) is 11.6 Å². The summed E-state index contributed by atoms with van der Waals surface area (Å²) in [5, 5.41) is 1.22. The van der Waals surface area contributed by atoms with Crippen LogP contribution in [0.4, 0.5) is 5.82 Å². The molecule has 84 valence electrons. The van der Waals surface area contributed by atoms with Gasteiger partial charge in [0.1, 0.15) is 5.82 Å². The summed E-state index contributed by atoms with van der Waals surface area (Å²) in [5.41, 5.74) is 9.62. The van der Waals surface area contributed by atoms with E-state index in [1.54, 1.807) is 0 Å². The molecule has 3 aromatic rings. The number of hydrogen-bond donors (Lipinski definition) is 2. The van der Waals surface area contributed by atoms with Crippen molar-refractivity contribution in [1.82, 2.24) is 4.98 Å². The monoisotopic (exact) mass is 222 g/mol. The lowest BCUT2D eigenvalue weighted by atomic mass is 10.0. The Kier molecular flexibility index (Phi) is 2.33. The van der Waals surface area contributed by atoms with Crippen molar-refractivity contribution in [3.05, 3.63) is 65.7 Å². The van der Waals surface area contributed by atoms with E-state index in [1.165, 1.54) is 16.5 Å². The molecule has 0 aliphatic heterocycles. The van der Waals surface area contributed by atoms with Gasteiger partial charge >= 0.3 is 0 Å². The molecular formula is C15H14N2. The predicted molar refractivity (Wildman–Crippen MR) is 72.0 cm³/mol. The lowest BCUT2D eigenvalue weighted by Gasteiger charge is -2.01. The van der Waals surface area contributed by atoms with Crippen LogP contribution in [0.5, 0.6) is 0 Å². The van der Waals surface area contributed by atoms with Gasteiger partial charge in [-0.15, -0.1) is 0 Å². The normalized spacial score (nSPS) is 10.8. The Morgan fingerprint density at radius 1 is 0.882 bits per heavy atom. The Hall–Kier alpha value is -2.22. The van der Waals surface area contributed by atoms with Crippen molar-refractivity contribution in [3.8, 4) is 0 Å². The second kappa shape index (κ2) is 3.98. The maximum atomic E-state index is 6.05. The van der Waals surface area contributed by atoms with Gasteiger partial charge in [-0.1, -0.05) is 48.5 Å². The van der Waals surface area contributed by atoms with Crippen LogP contribution >= 0.6 is 0 Å². The van der Waals surface area contributed by atoms with Gasteiger partial charge in [0.15, 0.2) is 0 Å². The zero-order valence-corrected chi connectivity index (χ0v) is 9.48. The van der Waals surface area contributed by atoms with Gasteiger partial charge in [-0.2, -0.15) is 0 Å². The van der Waals surface area contributed by atoms with Gasteiger partial charge in [0.25, 0.3) is 0 Å². The van der Waals surface area contributed by atoms with Crippen LogP contribution in [0.1, 0.15) is 11.1 Å². The second-order valence-electron chi connectivity index (χ2n) is 4.23. The van der Waals surface area contributed by atoms with E-state index >= 15 is 0 Å². The molecule has 3 rings (SSSR count). The van der Waals surface area contributed by atoms with Crippen molar-refractivity contribution >= 4 is 16.7 Å². The lowest BCUT2D eigenvalue weighted by molar-refractivity contribution is 1.21. The first kappa shape index (κ1) is 9.97. The Morgan fingerprint density at radius 3 is 2.41 bits per heavy atom. The molecule has 3 N–H and O–H groups in total. The summed E-state index contributed by atoms with van der Waals surface area (Å²) in [7, 11) is 0. The van der Waals surface area contributed by atoms with Crippen molar-refractivity contribution in [2.75, 3.05) is 5.73 Å². The molecular weight excluding hydrogens is 208 g/mol. The highest BCUT2D eigenvalue weighted by Gasteiger charge is 2.08. The van der Waals surface area contributed by atoms with Gasteiger partial charge in [0, 0.05) is 22.9 Å². The molecule has 2 heteroatoms. The SMILES string of the molecule is Nc1[nH]c2ccccc2c1Cc1ccccc1. The van der Waals surface area contributed by atoms with E-state index in [2.05, 4.69) is 41.4 Å². The molecule has 0 atom stereocenters. The Balaban J connectivity index is 2.08. The van der Waals surface area contributed by atoms with Crippen LogP contribution in [0.15, 0.2) is 54.6 Å². The minimum atomic E-state index is 0.773. The summed E-state index contributed by atoms with van der Waals surface area (Å²) in [6.45, 7) is 0. The maximum Gasteiger partial charge on any atom is 0.105 e. The summed E-state index contributed by atoms with van der Waals surface area (Å²) >= 11 is 0. The van der Waals surface area contributed by atoms with Gasteiger partial charge in [0.05, 0.1) is 0 Å². The van der Waals surface area contributed by atoms with E-state index in [9.17, 15) is 0 Å². The molecule has 0 saturated carbocycles. The van der Waals surface area contributed by atoms with Crippen LogP contribution in [-0.2, 0) is 6.42 Å². The first-order valence-corrected chi connectivity index (χ1v) is 5.73. The van der Waals surface area contributed by atoms with Crippen molar-refractivity contribution in [3.63, 3.8) is 0 Å². The summed E-state index contributed by atoms with van der Waals surface area (Å²) in [6.07, 6.45) is 0.872. The summed E-state index contributed by atoms with van der Waals surface area (Å²) in [6, 6.07) is 18.6. The topological polar surface area (TPSA) is 41.8 Å². The first-order valence-electron chi connectivity index (χ1n) is 5.73. The van der Waals surface area contributed by atoms with Gasteiger partial charge in [-0.3, -0.25) is 0 Å². The Morgan fingerprint density at radius 2 is 1.59 bits per heavy atom. The molecule has 0 bridgehead atoms. The lowest BCUT2D eigenvalue weighted by Crippen LogP contribution is -1.93. The highest BCUT2D eigenvalue weighted by molar-refractivity contribution is 5.88. The largest absolute Gasteiger partial charge is 0.385 e. The zero-order valence-electron chi connectivity index (χ0n) is 9.48. The van der Waals surface area contributed by atoms with E-state index in [-0.39, 0.29) is 0 Å². The molecule has 2 aromatic carbocycles. The average molecular weight is 222 g/mol. The molecule has 17 heavy (non-hydrogen) atoms. The zero-order chi connectivity index (χ0) is 11.7. The highest BCUT2D eigenvalue weighted by atomic mass is 14.8. The molecule has 0 fully saturated rings. The van der Waals surface area contributed by atoms with E-state index in [1.807, 2.05) is 18.2 Å². The van der Waals surface area contributed by atoms with Crippen molar-refractivity contribution < 1.29 is 0 Å². The fourth-order valence-corrected chi connectivity index (χ4v) is 2.21. The van der Waals surface area contributed by atoms with E-state index in [0.717, 1.165) is 17.8 Å². The molecule has 1 heterocycles. The number of rotatable bonds is 2. The molecule has 0 saturated heterocycles. The third kappa shape index (κ3) is 1.78. The first-order chi connectivity index (χ1) is 8.34. The number of anilines is 1. The molecule has 0 aliphatic rings. The molecule has 1 aromatic heterocycles. The molecule has 0 unspecified atom stereocenters. The van der Waals surface area contributed by atoms with Gasteiger partial charge in [0.2, 0.25) is 0 Å². The Bertz CT molecular complexity index is 638. The van der Waals surface area contributed by atoms with Crippen LogP contribution in [0.3, 0.4) is 0 Å². The number of benzene rings is 2. The number of nitrogen functional groups attached to an aromatic ring is 1. The number of hydrogen-bond acceptors (Lipinski definition) is 1. The molecule has 0 radical (unpaired) electrons. The van der Waals surface area contributed by atoms with Crippen LogP contribution in [0.25, 0.3) is 10.9 Å². The van der Waals surface area contributed by atoms with Crippen LogP contribution in [0.2, 0.25) is 0 Å². The molecule has 0 amide bonds. The number of aromatic amines is 1. The maximum absolute atomic E-state index is 6.05. The third-order valence-electron chi connectivity index (χ3n) is 3.07. The predicted octanol–water partition coefficient (Wildman–Crippen LogP) is 3.34. The average Bonchev–Trinajstić information content (AvgIpc) is 2.68. The van der Waals surface area contributed by atoms with Crippen LogP contribution in [-0.4, -0.2) is 4.98 Å². The number of para-hydroxylation sites is 1. The molecule has 0 spiro atoms. The molecule has 2 nitrogen and oxygen atoms in total. The van der Waals surface area contributed by atoms with Crippen LogP contribution in [0, 0.1) is 0 Å². The minimum Gasteiger partial charge on any atom is -0.385 e. The standard InChI is InChI=1S/C15H14N2/c16-15-13(10-11-6-2-1-3-7-11)12-8-4-5-9-14(12)17-15/h1-9,17H,10,16H2. The third-order valence-corrected chi connectivity index (χ3v) is 3.07. The minimum absolute atomic E-state index is 0.773. The quantitative estimate of drug-likeness (QED) is 0.686. The second-order valence-corrected chi connectivity index (χ2v) is 4.23. The van der Waals surface area contributed by atoms with Gasteiger partial charge < -0.3 is 10.7 Å². The summed E-state index contributed by atoms with van der Waals surface area (Å²) in [5.74, 6) is 0.773. The van der Waals surface area contributed by atoms with Crippen molar-refractivity contribution in [2.45, 2.75) is 6.42 Å². The number of H-pyrrole nitrogens is 1. The fourth-order valence-electron chi connectivity index (χ4n) is 2.21. The number of aromatic nitrogens is 1. The summed E-state index contributed by atoms with van der Waals surface area (Å²) in [4.78, 5) is 3.23. The number of fused-ring (bicyclic) bond motifs is 1. The summed E-state index contributed by atoms with van der Waals surface area (Å²) < 4.78 is 0. The Labute approximate surface area is 100 Å². The van der Waals surface area contributed by atoms with E-state index in [0.29, 0.717) is 0 Å². The van der Waals surface area contributed by atoms with Crippen molar-refractivity contribution in [2.24, 2.45) is 0 Å². The number of nitrogens with one attached hydrogen (secondary N) is 1. The number of nitrogens with two attached hydrogens (primary N) is 1. The van der Waals surface area contributed by atoms with E-state index in [4.69, 9.17) is 5.73 Å².